The molecule has 0 unspecified atom stereocenters. The Labute approximate surface area is 203 Å². The van der Waals surface area contributed by atoms with Gasteiger partial charge >= 0.3 is 0 Å². The summed E-state index contributed by atoms with van der Waals surface area (Å²) in [5.74, 6) is 1.24. The second kappa shape index (κ2) is 11.6. The Morgan fingerprint density at radius 3 is 2.55 bits per heavy atom. The molecule has 1 N–H and O–H groups in total. The molecule has 0 bridgehead atoms. The van der Waals surface area contributed by atoms with E-state index in [2.05, 4.69) is 10.5 Å². The van der Waals surface area contributed by atoms with Gasteiger partial charge in [-0.1, -0.05) is 35.3 Å². The highest BCUT2D eigenvalue weighted by Crippen LogP contribution is 2.30. The summed E-state index contributed by atoms with van der Waals surface area (Å²) in [7, 11) is 1.52. The van der Waals surface area contributed by atoms with Gasteiger partial charge in [-0.05, 0) is 67.4 Å². The first-order valence-electron chi connectivity index (χ1n) is 10.2. The van der Waals surface area contributed by atoms with Crippen molar-refractivity contribution < 1.29 is 19.0 Å². The van der Waals surface area contributed by atoms with Crippen molar-refractivity contribution in [1.82, 2.24) is 5.43 Å². The van der Waals surface area contributed by atoms with E-state index in [1.807, 2.05) is 32.0 Å². The van der Waals surface area contributed by atoms with E-state index in [0.29, 0.717) is 39.5 Å². The number of nitrogens with one attached hydrogen (secondary N) is 1. The summed E-state index contributed by atoms with van der Waals surface area (Å²) in [6, 6.07) is 16.0. The molecule has 1 amide bonds. The molecule has 0 aliphatic rings. The van der Waals surface area contributed by atoms with Crippen LogP contribution in [0.5, 0.6) is 17.2 Å². The number of hydrogen-bond donors (Lipinski definition) is 1. The Balaban J connectivity index is 1.69. The molecule has 8 heteroatoms. The van der Waals surface area contributed by atoms with Gasteiger partial charge in [-0.15, -0.1) is 0 Å². The maximum Gasteiger partial charge on any atom is 0.275 e. The number of aryl methyl sites for hydroxylation is 1. The summed E-state index contributed by atoms with van der Waals surface area (Å²) in [4.78, 5) is 12.4. The summed E-state index contributed by atoms with van der Waals surface area (Å²) in [5, 5.41) is 5.15. The fourth-order valence-electron chi connectivity index (χ4n) is 3.00. The molecule has 0 saturated carbocycles. The van der Waals surface area contributed by atoms with Gasteiger partial charge in [0, 0.05) is 15.6 Å². The molecule has 172 valence electrons. The smallest absolute Gasteiger partial charge is 0.275 e. The number of amides is 1. The zero-order valence-corrected chi connectivity index (χ0v) is 20.0. The largest absolute Gasteiger partial charge is 0.496 e. The van der Waals surface area contributed by atoms with Crippen LogP contribution in [0.1, 0.15) is 34.0 Å². The lowest BCUT2D eigenvalue weighted by Gasteiger charge is -2.13. The number of benzene rings is 3. The lowest BCUT2D eigenvalue weighted by atomic mass is 10.1. The molecule has 0 heterocycles. The van der Waals surface area contributed by atoms with Gasteiger partial charge in [0.2, 0.25) is 0 Å². The third kappa shape index (κ3) is 6.63. The molecular weight excluding hydrogens is 463 g/mol. The molecule has 0 atom stereocenters. The summed E-state index contributed by atoms with van der Waals surface area (Å²) in [6.07, 6.45) is 1.53. The quantitative estimate of drug-likeness (QED) is 0.295. The molecular formula is C25H24Cl2N2O4. The van der Waals surface area contributed by atoms with Crippen molar-refractivity contribution in [3.63, 3.8) is 0 Å². The van der Waals surface area contributed by atoms with E-state index in [1.54, 1.807) is 36.4 Å². The maximum atomic E-state index is 12.4. The van der Waals surface area contributed by atoms with Gasteiger partial charge in [-0.2, -0.15) is 5.10 Å². The lowest BCUT2D eigenvalue weighted by Crippen LogP contribution is -2.18. The summed E-state index contributed by atoms with van der Waals surface area (Å²) in [5.41, 5.74) is 5.45. The number of nitrogens with zero attached hydrogens (tertiary/aromatic N) is 1. The Kier molecular flexibility index (Phi) is 8.58. The summed E-state index contributed by atoms with van der Waals surface area (Å²) in [6.45, 7) is 4.53. The lowest BCUT2D eigenvalue weighted by molar-refractivity contribution is 0.0952. The van der Waals surface area contributed by atoms with E-state index in [4.69, 9.17) is 37.4 Å². The van der Waals surface area contributed by atoms with E-state index in [0.717, 1.165) is 16.7 Å². The molecule has 0 aliphatic heterocycles. The second-order valence-corrected chi connectivity index (χ2v) is 7.91. The van der Waals surface area contributed by atoms with Crippen LogP contribution in [0, 0.1) is 6.92 Å². The maximum absolute atomic E-state index is 12.4. The molecule has 3 rings (SSSR count). The first-order valence-corrected chi connectivity index (χ1v) is 11.0. The minimum Gasteiger partial charge on any atom is -0.496 e. The normalized spacial score (nSPS) is 10.8. The van der Waals surface area contributed by atoms with Crippen LogP contribution >= 0.6 is 23.2 Å². The third-order valence-corrected chi connectivity index (χ3v) is 5.23. The number of rotatable bonds is 9. The average Bonchev–Trinajstić information content (AvgIpc) is 2.79. The van der Waals surface area contributed by atoms with E-state index in [9.17, 15) is 4.79 Å². The van der Waals surface area contributed by atoms with Gasteiger partial charge in [0.05, 0.1) is 25.5 Å². The van der Waals surface area contributed by atoms with Crippen LogP contribution in [0.25, 0.3) is 0 Å². The molecule has 33 heavy (non-hydrogen) atoms. The van der Waals surface area contributed by atoms with Crippen molar-refractivity contribution in [1.29, 1.82) is 0 Å². The number of hydrogen-bond acceptors (Lipinski definition) is 5. The van der Waals surface area contributed by atoms with Gasteiger partial charge in [0.15, 0.2) is 11.5 Å². The van der Waals surface area contributed by atoms with Crippen molar-refractivity contribution in [3.8, 4) is 17.2 Å². The Morgan fingerprint density at radius 2 is 1.82 bits per heavy atom. The Hall–Kier alpha value is -3.22. The van der Waals surface area contributed by atoms with E-state index >= 15 is 0 Å². The molecule has 0 radical (unpaired) electrons. The molecule has 0 saturated heterocycles. The van der Waals surface area contributed by atoms with Gasteiger partial charge in [0.25, 0.3) is 5.91 Å². The van der Waals surface area contributed by atoms with E-state index < -0.39 is 0 Å². The van der Waals surface area contributed by atoms with Crippen LogP contribution < -0.4 is 19.6 Å². The van der Waals surface area contributed by atoms with Crippen molar-refractivity contribution in [2.75, 3.05) is 13.7 Å². The van der Waals surface area contributed by atoms with Gasteiger partial charge in [-0.3, -0.25) is 4.79 Å². The predicted octanol–water partition coefficient (Wildman–Crippen LogP) is 6.05. The number of carbonyl (C=O) groups excluding carboxylic acids is 1. The first-order chi connectivity index (χ1) is 15.9. The van der Waals surface area contributed by atoms with Gasteiger partial charge in [0.1, 0.15) is 12.4 Å². The van der Waals surface area contributed by atoms with Crippen LogP contribution in [0.15, 0.2) is 59.7 Å². The number of carbonyl (C=O) groups is 1. The molecule has 6 nitrogen and oxygen atoms in total. The Morgan fingerprint density at radius 1 is 1.00 bits per heavy atom. The molecule has 3 aromatic carbocycles. The van der Waals surface area contributed by atoms with Crippen molar-refractivity contribution in [3.05, 3.63) is 86.9 Å². The highest BCUT2D eigenvalue weighted by molar-refractivity contribution is 6.35. The van der Waals surface area contributed by atoms with Crippen molar-refractivity contribution >= 4 is 35.3 Å². The fourth-order valence-corrected chi connectivity index (χ4v) is 3.46. The number of methoxy groups -OCH3 is 1. The summed E-state index contributed by atoms with van der Waals surface area (Å²) < 4.78 is 16.9. The average molecular weight is 487 g/mol. The van der Waals surface area contributed by atoms with Crippen LogP contribution in [-0.4, -0.2) is 25.8 Å². The molecule has 0 aromatic heterocycles. The van der Waals surface area contributed by atoms with E-state index in [1.165, 1.54) is 13.3 Å². The SMILES string of the molecule is CCOc1cc(/C=N\NC(=O)c2ccc(C)cc2OC)ccc1OCc1ccc(Cl)cc1Cl. The minimum absolute atomic E-state index is 0.262. The van der Waals surface area contributed by atoms with Crippen LogP contribution in [-0.2, 0) is 6.61 Å². The summed E-state index contributed by atoms with van der Waals surface area (Å²) >= 11 is 12.2. The zero-order valence-electron chi connectivity index (χ0n) is 18.5. The van der Waals surface area contributed by atoms with Gasteiger partial charge < -0.3 is 14.2 Å². The van der Waals surface area contributed by atoms with Crippen molar-refractivity contribution in [2.24, 2.45) is 5.10 Å². The molecule has 0 aliphatic carbocycles. The molecule has 0 spiro atoms. The van der Waals surface area contributed by atoms with E-state index in [-0.39, 0.29) is 12.5 Å². The fraction of sp³-hybridized carbons (Fsp3) is 0.200. The third-order valence-electron chi connectivity index (χ3n) is 4.65. The standard InChI is InChI=1S/C25H24Cl2N2O4/c1-4-32-24-12-17(6-10-22(24)33-15-18-7-8-19(26)13-21(18)27)14-28-29-25(30)20-9-5-16(2)11-23(20)31-3/h5-14H,4,15H2,1-3H3,(H,29,30)/b28-14-. The molecule has 0 fully saturated rings. The first kappa shape index (κ1) is 24.4. The Bertz CT molecular complexity index is 1170. The van der Waals surface area contributed by atoms with Gasteiger partial charge in [-0.25, -0.2) is 5.43 Å². The van der Waals surface area contributed by atoms with Crippen LogP contribution in [0.4, 0.5) is 0 Å². The highest BCUT2D eigenvalue weighted by atomic mass is 35.5. The van der Waals surface area contributed by atoms with Crippen LogP contribution in [0.2, 0.25) is 10.0 Å². The van der Waals surface area contributed by atoms with Crippen LogP contribution in [0.3, 0.4) is 0 Å². The second-order valence-electron chi connectivity index (χ2n) is 7.07. The van der Waals surface area contributed by atoms with Crippen molar-refractivity contribution in [2.45, 2.75) is 20.5 Å². The minimum atomic E-state index is -0.368. The monoisotopic (exact) mass is 486 g/mol. The zero-order chi connectivity index (χ0) is 23.8. The highest BCUT2D eigenvalue weighted by Gasteiger charge is 2.12. The molecule has 3 aromatic rings. The number of halogens is 2. The number of hydrazone groups is 1. The predicted molar refractivity (Wildman–Crippen MR) is 131 cm³/mol. The number of ether oxygens (including phenoxy) is 3. The topological polar surface area (TPSA) is 69.2 Å².